The summed E-state index contributed by atoms with van der Waals surface area (Å²) in [6, 6.07) is 0. The lowest BCUT2D eigenvalue weighted by Crippen LogP contribution is -2.45. The lowest BCUT2D eigenvalue weighted by molar-refractivity contribution is -0.156. The minimum absolute atomic E-state index is 0.139. The smallest absolute Gasteiger partial charge is 0.335 e. The predicted octanol–water partition coefficient (Wildman–Crippen LogP) is 0.514. The molecule has 2 atom stereocenters. The van der Waals surface area contributed by atoms with Crippen LogP contribution >= 0.6 is 0 Å². The third kappa shape index (κ3) is 1.69. The normalized spacial score (nSPS) is 32.8. The highest BCUT2D eigenvalue weighted by molar-refractivity contribution is 7.93. The molecule has 1 saturated carbocycles. The van der Waals surface area contributed by atoms with E-state index in [0.29, 0.717) is 19.3 Å². The number of rotatable bonds is 3. The van der Waals surface area contributed by atoms with E-state index in [1.165, 1.54) is 7.11 Å². The number of sulfone groups is 1. The number of aliphatic hydroxyl groups excluding tert-OH is 1. The Labute approximate surface area is 107 Å². The quantitative estimate of drug-likeness (QED) is 0.760. The minimum Gasteiger partial charge on any atom is -0.467 e. The van der Waals surface area contributed by atoms with E-state index in [9.17, 15) is 18.3 Å². The first kappa shape index (κ1) is 13.8. The fourth-order valence-corrected chi connectivity index (χ4v) is 5.24. The predicted molar refractivity (Wildman–Crippen MR) is 65.7 cm³/mol. The van der Waals surface area contributed by atoms with E-state index in [0.717, 1.165) is 0 Å². The van der Waals surface area contributed by atoms with E-state index in [1.54, 1.807) is 13.8 Å². The van der Waals surface area contributed by atoms with Gasteiger partial charge in [-0.2, -0.15) is 0 Å². The first-order chi connectivity index (χ1) is 8.19. The third-order valence-electron chi connectivity index (χ3n) is 4.81. The van der Waals surface area contributed by atoms with Gasteiger partial charge in [0, 0.05) is 5.41 Å². The highest BCUT2D eigenvalue weighted by Crippen LogP contribution is 2.62. The number of carbonyl (C=O) groups excluding carboxylic acids is 1. The van der Waals surface area contributed by atoms with Crippen molar-refractivity contribution in [3.63, 3.8) is 0 Å². The van der Waals surface area contributed by atoms with Crippen molar-refractivity contribution in [3.05, 3.63) is 0 Å². The number of esters is 1. The standard InChI is InChI=1S/C12H20O5S/c1-11(2)8(4-7-18(11,15)16)12(5-6-12)9(13)10(14)17-3/h8-9,13H,4-7H2,1-3H3. The highest BCUT2D eigenvalue weighted by Gasteiger charge is 2.65. The number of carbonyl (C=O) groups is 1. The van der Waals surface area contributed by atoms with Crippen LogP contribution in [0.5, 0.6) is 0 Å². The summed E-state index contributed by atoms with van der Waals surface area (Å²) in [7, 11) is -1.91. The molecule has 0 amide bonds. The molecule has 1 N–H and O–H groups in total. The zero-order valence-corrected chi connectivity index (χ0v) is 11.8. The first-order valence-corrected chi connectivity index (χ1v) is 7.82. The summed E-state index contributed by atoms with van der Waals surface area (Å²) < 4.78 is 27.8. The summed E-state index contributed by atoms with van der Waals surface area (Å²) in [6.45, 7) is 3.40. The lowest BCUT2D eigenvalue weighted by Gasteiger charge is -2.34. The molecule has 1 heterocycles. The zero-order chi connectivity index (χ0) is 13.8. The van der Waals surface area contributed by atoms with E-state index in [-0.39, 0.29) is 11.7 Å². The Morgan fingerprint density at radius 1 is 1.39 bits per heavy atom. The third-order valence-corrected chi connectivity index (χ3v) is 7.47. The summed E-state index contributed by atoms with van der Waals surface area (Å²) in [6.07, 6.45) is 0.684. The molecule has 0 radical (unpaired) electrons. The Bertz CT molecular complexity index is 461. The molecule has 5 nitrogen and oxygen atoms in total. The Hall–Kier alpha value is -0.620. The van der Waals surface area contributed by atoms with Gasteiger partial charge in [-0.15, -0.1) is 0 Å². The van der Waals surface area contributed by atoms with Gasteiger partial charge < -0.3 is 9.84 Å². The average Bonchev–Trinajstić information content (AvgIpc) is 3.04. The summed E-state index contributed by atoms with van der Waals surface area (Å²) in [5.41, 5.74) is -0.597. The van der Waals surface area contributed by atoms with Gasteiger partial charge in [0.05, 0.1) is 17.6 Å². The summed E-state index contributed by atoms with van der Waals surface area (Å²) in [5, 5.41) is 10.1. The van der Waals surface area contributed by atoms with E-state index in [2.05, 4.69) is 4.74 Å². The van der Waals surface area contributed by atoms with Crippen molar-refractivity contribution < 1.29 is 23.1 Å². The van der Waals surface area contributed by atoms with Gasteiger partial charge in [-0.05, 0) is 39.0 Å². The number of aliphatic hydroxyl groups is 1. The van der Waals surface area contributed by atoms with Crippen LogP contribution in [0.3, 0.4) is 0 Å². The van der Waals surface area contributed by atoms with Crippen LogP contribution in [-0.4, -0.2) is 43.2 Å². The SMILES string of the molecule is COC(=O)C(O)C1(C2CCS(=O)(=O)C2(C)C)CC1. The average molecular weight is 276 g/mol. The molecule has 2 fully saturated rings. The molecule has 1 saturated heterocycles. The van der Waals surface area contributed by atoms with Crippen molar-refractivity contribution in [2.75, 3.05) is 12.9 Å². The minimum atomic E-state index is -3.15. The van der Waals surface area contributed by atoms with Gasteiger partial charge in [0.25, 0.3) is 0 Å². The van der Waals surface area contributed by atoms with Crippen LogP contribution in [0.4, 0.5) is 0 Å². The number of hydrogen-bond acceptors (Lipinski definition) is 5. The highest BCUT2D eigenvalue weighted by atomic mass is 32.2. The Kier molecular flexibility index (Phi) is 3.02. The van der Waals surface area contributed by atoms with Crippen molar-refractivity contribution in [2.24, 2.45) is 11.3 Å². The van der Waals surface area contributed by atoms with Crippen LogP contribution in [0.25, 0.3) is 0 Å². The molecule has 18 heavy (non-hydrogen) atoms. The lowest BCUT2D eigenvalue weighted by atomic mass is 9.75. The fraction of sp³-hybridized carbons (Fsp3) is 0.917. The van der Waals surface area contributed by atoms with Crippen molar-refractivity contribution in [1.29, 1.82) is 0 Å². The van der Waals surface area contributed by atoms with Gasteiger partial charge in [0.2, 0.25) is 0 Å². The van der Waals surface area contributed by atoms with E-state index < -0.39 is 32.1 Å². The molecular formula is C12H20O5S. The Morgan fingerprint density at radius 3 is 2.28 bits per heavy atom. The molecule has 2 rings (SSSR count). The molecule has 6 heteroatoms. The van der Waals surface area contributed by atoms with E-state index in [4.69, 9.17) is 0 Å². The molecule has 1 aliphatic heterocycles. The number of ether oxygens (including phenoxy) is 1. The molecule has 1 aliphatic carbocycles. The molecule has 0 aromatic carbocycles. The second-order valence-electron chi connectivity index (χ2n) is 5.92. The Morgan fingerprint density at radius 2 is 1.94 bits per heavy atom. The summed E-state index contributed by atoms with van der Waals surface area (Å²) >= 11 is 0. The molecule has 0 aromatic heterocycles. The van der Waals surface area contributed by atoms with Gasteiger partial charge in [0.1, 0.15) is 0 Å². The molecule has 0 spiro atoms. The van der Waals surface area contributed by atoms with Gasteiger partial charge in [0.15, 0.2) is 15.9 Å². The van der Waals surface area contributed by atoms with E-state index in [1.807, 2.05) is 0 Å². The van der Waals surface area contributed by atoms with Crippen LogP contribution in [-0.2, 0) is 19.4 Å². The van der Waals surface area contributed by atoms with Crippen molar-refractivity contribution >= 4 is 15.8 Å². The topological polar surface area (TPSA) is 80.7 Å². The fourth-order valence-electron chi connectivity index (χ4n) is 3.38. The number of hydrogen-bond donors (Lipinski definition) is 1. The first-order valence-electron chi connectivity index (χ1n) is 6.17. The summed E-state index contributed by atoms with van der Waals surface area (Å²) in [4.78, 5) is 11.5. The van der Waals surface area contributed by atoms with Crippen LogP contribution in [0.1, 0.15) is 33.1 Å². The van der Waals surface area contributed by atoms with Gasteiger partial charge in [-0.1, -0.05) is 0 Å². The monoisotopic (exact) mass is 276 g/mol. The number of methoxy groups -OCH3 is 1. The van der Waals surface area contributed by atoms with Crippen molar-refractivity contribution in [3.8, 4) is 0 Å². The summed E-state index contributed by atoms with van der Waals surface area (Å²) in [5.74, 6) is -0.697. The maximum absolute atomic E-state index is 12.0. The molecular weight excluding hydrogens is 256 g/mol. The van der Waals surface area contributed by atoms with Gasteiger partial charge >= 0.3 is 5.97 Å². The van der Waals surface area contributed by atoms with Crippen LogP contribution in [0, 0.1) is 11.3 Å². The molecule has 0 aromatic rings. The zero-order valence-electron chi connectivity index (χ0n) is 11.0. The molecule has 0 bridgehead atoms. The van der Waals surface area contributed by atoms with Crippen LogP contribution in [0.2, 0.25) is 0 Å². The second-order valence-corrected chi connectivity index (χ2v) is 8.61. The maximum atomic E-state index is 12.0. The molecule has 104 valence electrons. The van der Waals surface area contributed by atoms with E-state index >= 15 is 0 Å². The van der Waals surface area contributed by atoms with Crippen molar-refractivity contribution in [2.45, 2.75) is 44.0 Å². The second kappa shape index (κ2) is 3.93. The largest absolute Gasteiger partial charge is 0.467 e. The molecule has 2 unspecified atom stereocenters. The Balaban J connectivity index is 2.31. The van der Waals surface area contributed by atoms with Gasteiger partial charge in [-0.25, -0.2) is 13.2 Å². The van der Waals surface area contributed by atoms with Crippen LogP contribution in [0.15, 0.2) is 0 Å². The van der Waals surface area contributed by atoms with Crippen molar-refractivity contribution in [1.82, 2.24) is 0 Å². The van der Waals surface area contributed by atoms with Crippen LogP contribution < -0.4 is 0 Å². The molecule has 2 aliphatic rings. The van der Waals surface area contributed by atoms with Gasteiger partial charge in [-0.3, -0.25) is 0 Å². The maximum Gasteiger partial charge on any atom is 0.335 e.